The van der Waals surface area contributed by atoms with Crippen LogP contribution < -0.4 is 5.32 Å². The van der Waals surface area contributed by atoms with Crippen LogP contribution in [0.4, 0.5) is 0 Å². The number of carbonyl (C=O) groups excluding carboxylic acids is 1. The molecule has 1 aromatic heterocycles. The molecule has 1 aromatic rings. The highest BCUT2D eigenvalue weighted by molar-refractivity contribution is 5.93. The first-order chi connectivity index (χ1) is 10.1. The van der Waals surface area contributed by atoms with Crippen LogP contribution >= 0.6 is 0 Å². The summed E-state index contributed by atoms with van der Waals surface area (Å²) in [5.41, 5.74) is 0.0773. The van der Waals surface area contributed by atoms with E-state index >= 15 is 0 Å². The number of carbonyl (C=O) groups is 2. The SMILES string of the molecule is CCOC1CC(NC(=O)c2ccc(C(=O)O)o2)C12CCC2. The third kappa shape index (κ3) is 2.23. The Balaban J connectivity index is 1.64. The third-order valence-corrected chi connectivity index (χ3v) is 4.78. The lowest BCUT2D eigenvalue weighted by Gasteiger charge is -2.60. The highest BCUT2D eigenvalue weighted by Gasteiger charge is 2.59. The molecule has 2 aliphatic carbocycles. The van der Waals surface area contributed by atoms with Crippen LogP contribution in [0.5, 0.6) is 0 Å². The van der Waals surface area contributed by atoms with Crippen LogP contribution in [0.15, 0.2) is 16.5 Å². The second kappa shape index (κ2) is 5.18. The van der Waals surface area contributed by atoms with Gasteiger partial charge in [0.15, 0.2) is 5.76 Å². The lowest BCUT2D eigenvalue weighted by Crippen LogP contribution is -2.67. The molecule has 3 rings (SSSR count). The van der Waals surface area contributed by atoms with E-state index in [1.165, 1.54) is 18.6 Å². The molecule has 114 valence electrons. The van der Waals surface area contributed by atoms with E-state index in [9.17, 15) is 9.59 Å². The highest BCUT2D eigenvalue weighted by Crippen LogP contribution is 2.57. The fraction of sp³-hybridized carbons (Fsp3) is 0.600. The molecule has 1 heterocycles. The zero-order valence-corrected chi connectivity index (χ0v) is 11.9. The average Bonchev–Trinajstić information content (AvgIpc) is 2.85. The van der Waals surface area contributed by atoms with Gasteiger partial charge in [-0.2, -0.15) is 0 Å². The number of carboxylic acids is 1. The summed E-state index contributed by atoms with van der Waals surface area (Å²) in [7, 11) is 0. The minimum absolute atomic E-state index is 0.0433. The van der Waals surface area contributed by atoms with Crippen molar-refractivity contribution >= 4 is 11.9 Å². The fourth-order valence-corrected chi connectivity index (χ4v) is 3.44. The van der Waals surface area contributed by atoms with Gasteiger partial charge in [0.25, 0.3) is 5.91 Å². The summed E-state index contributed by atoms with van der Waals surface area (Å²) in [6.07, 6.45) is 4.35. The molecular formula is C15H19NO5. The van der Waals surface area contributed by atoms with E-state index in [0.717, 1.165) is 19.3 Å². The molecule has 2 unspecified atom stereocenters. The van der Waals surface area contributed by atoms with Crippen molar-refractivity contribution in [1.82, 2.24) is 5.32 Å². The third-order valence-electron chi connectivity index (χ3n) is 4.78. The minimum atomic E-state index is -1.18. The van der Waals surface area contributed by atoms with Gasteiger partial charge < -0.3 is 19.6 Å². The van der Waals surface area contributed by atoms with Crippen molar-refractivity contribution in [2.45, 2.75) is 44.8 Å². The number of furan rings is 1. The number of aromatic carboxylic acids is 1. The van der Waals surface area contributed by atoms with Crippen LogP contribution in [-0.2, 0) is 4.74 Å². The average molecular weight is 293 g/mol. The molecular weight excluding hydrogens is 274 g/mol. The Morgan fingerprint density at radius 1 is 1.43 bits per heavy atom. The molecule has 2 fully saturated rings. The predicted molar refractivity (Wildman–Crippen MR) is 73.2 cm³/mol. The number of hydrogen-bond donors (Lipinski definition) is 2. The van der Waals surface area contributed by atoms with Gasteiger partial charge in [-0.1, -0.05) is 6.42 Å². The zero-order valence-electron chi connectivity index (χ0n) is 11.9. The second-order valence-corrected chi connectivity index (χ2v) is 5.76. The van der Waals surface area contributed by atoms with Gasteiger partial charge in [0.2, 0.25) is 5.76 Å². The Hall–Kier alpha value is -1.82. The first-order valence-corrected chi connectivity index (χ1v) is 7.32. The van der Waals surface area contributed by atoms with E-state index < -0.39 is 5.97 Å². The molecule has 2 aliphatic rings. The maximum atomic E-state index is 12.1. The first-order valence-electron chi connectivity index (χ1n) is 7.32. The van der Waals surface area contributed by atoms with Gasteiger partial charge in [-0.05, 0) is 38.3 Å². The number of hydrogen-bond acceptors (Lipinski definition) is 4. The van der Waals surface area contributed by atoms with E-state index in [4.69, 9.17) is 14.3 Å². The van der Waals surface area contributed by atoms with Crippen molar-refractivity contribution < 1.29 is 23.8 Å². The van der Waals surface area contributed by atoms with Gasteiger partial charge in [-0.15, -0.1) is 0 Å². The largest absolute Gasteiger partial charge is 0.475 e. The van der Waals surface area contributed by atoms with Crippen LogP contribution in [0.1, 0.15) is 53.7 Å². The Bertz CT molecular complexity index is 560. The van der Waals surface area contributed by atoms with Crippen molar-refractivity contribution in [3.8, 4) is 0 Å². The predicted octanol–water partition coefficient (Wildman–Crippen LogP) is 2.06. The molecule has 0 aliphatic heterocycles. The van der Waals surface area contributed by atoms with Crippen molar-refractivity contribution in [3.63, 3.8) is 0 Å². The Kier molecular flexibility index (Phi) is 3.49. The summed E-state index contributed by atoms with van der Waals surface area (Å²) in [4.78, 5) is 22.9. The highest BCUT2D eigenvalue weighted by atomic mass is 16.5. The summed E-state index contributed by atoms with van der Waals surface area (Å²) in [6, 6.07) is 2.78. The van der Waals surface area contributed by atoms with Crippen molar-refractivity contribution in [1.29, 1.82) is 0 Å². The molecule has 1 spiro atoms. The number of rotatable bonds is 5. The maximum absolute atomic E-state index is 12.1. The topological polar surface area (TPSA) is 88.8 Å². The zero-order chi connectivity index (χ0) is 15.0. The van der Waals surface area contributed by atoms with E-state index in [1.54, 1.807) is 0 Å². The van der Waals surface area contributed by atoms with Gasteiger partial charge in [-0.25, -0.2) is 4.79 Å². The maximum Gasteiger partial charge on any atom is 0.371 e. The summed E-state index contributed by atoms with van der Waals surface area (Å²) in [5.74, 6) is -1.71. The molecule has 21 heavy (non-hydrogen) atoms. The minimum Gasteiger partial charge on any atom is -0.475 e. The first kappa shape index (κ1) is 14.1. The quantitative estimate of drug-likeness (QED) is 0.867. The summed E-state index contributed by atoms with van der Waals surface area (Å²) in [5, 5.41) is 11.8. The fourth-order valence-electron chi connectivity index (χ4n) is 3.44. The van der Waals surface area contributed by atoms with Gasteiger partial charge in [0.1, 0.15) is 0 Å². The lowest BCUT2D eigenvalue weighted by atomic mass is 9.51. The van der Waals surface area contributed by atoms with E-state index in [-0.39, 0.29) is 35.0 Å². The van der Waals surface area contributed by atoms with Gasteiger partial charge in [-0.3, -0.25) is 4.79 Å². The van der Waals surface area contributed by atoms with Crippen LogP contribution in [0.2, 0.25) is 0 Å². The number of ether oxygens (including phenoxy) is 1. The van der Waals surface area contributed by atoms with Crippen molar-refractivity contribution in [2.24, 2.45) is 5.41 Å². The number of amides is 1. The molecule has 1 amide bonds. The number of nitrogens with one attached hydrogen (secondary N) is 1. The normalized spacial score (nSPS) is 26.0. The van der Waals surface area contributed by atoms with E-state index in [2.05, 4.69) is 5.32 Å². The molecule has 2 saturated carbocycles. The van der Waals surface area contributed by atoms with Crippen LogP contribution in [0.25, 0.3) is 0 Å². The standard InChI is InChI=1S/C15H19NO5/c1-2-20-12-8-11(15(12)6-3-7-15)16-13(17)9-4-5-10(21-9)14(18)19/h4-5,11-12H,2-3,6-8H2,1H3,(H,16,17)(H,18,19). The summed E-state index contributed by atoms with van der Waals surface area (Å²) < 4.78 is 10.8. The van der Waals surface area contributed by atoms with Crippen LogP contribution in [0, 0.1) is 5.41 Å². The Morgan fingerprint density at radius 2 is 2.14 bits per heavy atom. The molecule has 2 N–H and O–H groups in total. The van der Waals surface area contributed by atoms with E-state index in [0.29, 0.717) is 6.61 Å². The molecule has 0 saturated heterocycles. The molecule has 0 aromatic carbocycles. The molecule has 2 atom stereocenters. The van der Waals surface area contributed by atoms with E-state index in [1.807, 2.05) is 6.92 Å². The van der Waals surface area contributed by atoms with Crippen LogP contribution in [0.3, 0.4) is 0 Å². The Labute approximate surface area is 122 Å². The number of carboxylic acid groups (broad SMARTS) is 1. The molecule has 0 bridgehead atoms. The van der Waals surface area contributed by atoms with Gasteiger partial charge in [0, 0.05) is 18.1 Å². The summed E-state index contributed by atoms with van der Waals surface area (Å²) >= 11 is 0. The molecule has 6 heteroatoms. The smallest absolute Gasteiger partial charge is 0.371 e. The molecule has 6 nitrogen and oxygen atoms in total. The second-order valence-electron chi connectivity index (χ2n) is 5.76. The van der Waals surface area contributed by atoms with Crippen molar-refractivity contribution in [2.75, 3.05) is 6.61 Å². The molecule has 0 radical (unpaired) electrons. The summed E-state index contributed by atoms with van der Waals surface area (Å²) in [6.45, 7) is 2.67. The van der Waals surface area contributed by atoms with Crippen molar-refractivity contribution in [3.05, 3.63) is 23.7 Å². The van der Waals surface area contributed by atoms with Crippen LogP contribution in [-0.4, -0.2) is 35.7 Å². The van der Waals surface area contributed by atoms with Gasteiger partial charge in [0.05, 0.1) is 6.10 Å². The Morgan fingerprint density at radius 3 is 2.67 bits per heavy atom. The monoisotopic (exact) mass is 293 g/mol. The lowest BCUT2D eigenvalue weighted by molar-refractivity contribution is -0.169. The van der Waals surface area contributed by atoms with Gasteiger partial charge >= 0.3 is 5.97 Å².